The van der Waals surface area contributed by atoms with Crippen molar-refractivity contribution < 1.29 is 19.1 Å². The Morgan fingerprint density at radius 2 is 1.62 bits per heavy atom. The minimum Gasteiger partial charge on any atom is -0.448 e. The molecule has 2 aromatic carbocycles. The Morgan fingerprint density at radius 3 is 2.24 bits per heavy atom. The SMILES string of the molecule is CNC(=O)NC(=O)C(C)OC(=O)c1cc(-c2ccccc2)nn1-c1ccccc1. The highest BCUT2D eigenvalue weighted by Crippen LogP contribution is 2.22. The first-order chi connectivity index (χ1) is 14.0. The molecular formula is C21H20N4O4. The van der Waals surface area contributed by atoms with E-state index in [2.05, 4.69) is 15.7 Å². The summed E-state index contributed by atoms with van der Waals surface area (Å²) in [6.45, 7) is 1.39. The number of nitrogens with one attached hydrogen (secondary N) is 2. The Morgan fingerprint density at radius 1 is 1.00 bits per heavy atom. The molecule has 0 bridgehead atoms. The van der Waals surface area contributed by atoms with Crippen molar-refractivity contribution in [2.75, 3.05) is 7.05 Å². The first kappa shape index (κ1) is 19.8. The van der Waals surface area contributed by atoms with Gasteiger partial charge in [0.05, 0.1) is 11.4 Å². The lowest BCUT2D eigenvalue weighted by atomic mass is 10.1. The number of urea groups is 1. The van der Waals surface area contributed by atoms with E-state index in [0.717, 1.165) is 5.56 Å². The van der Waals surface area contributed by atoms with Crippen LogP contribution >= 0.6 is 0 Å². The summed E-state index contributed by atoms with van der Waals surface area (Å²) in [5, 5.41) is 8.87. The topological polar surface area (TPSA) is 102 Å². The molecule has 1 aromatic heterocycles. The van der Waals surface area contributed by atoms with Gasteiger partial charge in [0.1, 0.15) is 0 Å². The molecule has 0 fully saturated rings. The Balaban J connectivity index is 1.90. The predicted molar refractivity (Wildman–Crippen MR) is 106 cm³/mol. The number of benzene rings is 2. The van der Waals surface area contributed by atoms with Crippen LogP contribution in [-0.2, 0) is 9.53 Å². The van der Waals surface area contributed by atoms with Crippen molar-refractivity contribution in [1.82, 2.24) is 20.4 Å². The molecule has 0 radical (unpaired) electrons. The van der Waals surface area contributed by atoms with Gasteiger partial charge in [0, 0.05) is 12.6 Å². The highest BCUT2D eigenvalue weighted by Gasteiger charge is 2.24. The molecule has 1 atom stereocenters. The van der Waals surface area contributed by atoms with Crippen LogP contribution in [0.15, 0.2) is 66.7 Å². The largest absolute Gasteiger partial charge is 0.448 e. The van der Waals surface area contributed by atoms with Crippen molar-refractivity contribution in [2.24, 2.45) is 0 Å². The van der Waals surface area contributed by atoms with Gasteiger partial charge in [-0.05, 0) is 25.1 Å². The Bertz CT molecular complexity index is 1020. The van der Waals surface area contributed by atoms with Gasteiger partial charge in [-0.1, -0.05) is 48.5 Å². The molecule has 0 aliphatic heterocycles. The number of para-hydroxylation sites is 1. The highest BCUT2D eigenvalue weighted by atomic mass is 16.5. The Kier molecular flexibility index (Phi) is 6.03. The second-order valence-corrected chi connectivity index (χ2v) is 6.14. The summed E-state index contributed by atoms with van der Waals surface area (Å²) in [4.78, 5) is 36.1. The quantitative estimate of drug-likeness (QED) is 0.650. The normalized spacial score (nSPS) is 11.4. The molecule has 0 saturated carbocycles. The molecule has 1 heterocycles. The van der Waals surface area contributed by atoms with Crippen LogP contribution in [0, 0.1) is 0 Å². The van der Waals surface area contributed by atoms with Gasteiger partial charge in [-0.2, -0.15) is 5.10 Å². The predicted octanol–water partition coefficient (Wildman–Crippen LogP) is 2.54. The van der Waals surface area contributed by atoms with Crippen molar-refractivity contribution in [2.45, 2.75) is 13.0 Å². The van der Waals surface area contributed by atoms with E-state index >= 15 is 0 Å². The van der Waals surface area contributed by atoms with Crippen LogP contribution < -0.4 is 10.6 Å². The van der Waals surface area contributed by atoms with E-state index in [9.17, 15) is 14.4 Å². The number of nitrogens with zero attached hydrogens (tertiary/aromatic N) is 2. The zero-order valence-electron chi connectivity index (χ0n) is 16.0. The van der Waals surface area contributed by atoms with Gasteiger partial charge in [-0.15, -0.1) is 0 Å². The Labute approximate surface area is 167 Å². The number of imide groups is 1. The minimum atomic E-state index is -1.17. The average molecular weight is 392 g/mol. The molecule has 3 rings (SSSR count). The zero-order chi connectivity index (χ0) is 20.8. The molecule has 0 aliphatic carbocycles. The van der Waals surface area contributed by atoms with E-state index in [0.29, 0.717) is 11.4 Å². The number of hydrogen-bond donors (Lipinski definition) is 2. The van der Waals surface area contributed by atoms with E-state index in [-0.39, 0.29) is 5.69 Å². The number of carbonyl (C=O) groups is 3. The van der Waals surface area contributed by atoms with Gasteiger partial charge in [0.15, 0.2) is 11.8 Å². The van der Waals surface area contributed by atoms with E-state index in [1.165, 1.54) is 18.7 Å². The summed E-state index contributed by atoms with van der Waals surface area (Å²) in [6, 6.07) is 19.4. The first-order valence-electron chi connectivity index (χ1n) is 8.94. The van der Waals surface area contributed by atoms with Crippen LogP contribution in [0.1, 0.15) is 17.4 Å². The molecule has 1 unspecified atom stereocenters. The number of ether oxygens (including phenoxy) is 1. The minimum absolute atomic E-state index is 0.162. The highest BCUT2D eigenvalue weighted by molar-refractivity contribution is 5.98. The third-order valence-electron chi connectivity index (χ3n) is 4.11. The molecule has 8 nitrogen and oxygen atoms in total. The van der Waals surface area contributed by atoms with Crippen molar-refractivity contribution in [3.63, 3.8) is 0 Å². The molecule has 0 aliphatic rings. The third kappa shape index (κ3) is 4.67. The second-order valence-electron chi connectivity index (χ2n) is 6.14. The number of amides is 3. The summed E-state index contributed by atoms with van der Waals surface area (Å²) in [6.07, 6.45) is -1.17. The van der Waals surface area contributed by atoms with Gasteiger partial charge in [-0.25, -0.2) is 14.3 Å². The van der Waals surface area contributed by atoms with E-state index < -0.39 is 24.0 Å². The average Bonchev–Trinajstić information content (AvgIpc) is 3.20. The maximum atomic E-state index is 12.8. The molecule has 2 N–H and O–H groups in total. The fourth-order valence-electron chi connectivity index (χ4n) is 2.59. The summed E-state index contributed by atoms with van der Waals surface area (Å²) in [7, 11) is 1.38. The van der Waals surface area contributed by atoms with E-state index in [4.69, 9.17) is 4.74 Å². The fourth-order valence-corrected chi connectivity index (χ4v) is 2.59. The number of rotatable bonds is 5. The van der Waals surface area contributed by atoms with Crippen molar-refractivity contribution in [1.29, 1.82) is 0 Å². The van der Waals surface area contributed by atoms with E-state index in [1.54, 1.807) is 18.2 Å². The maximum Gasteiger partial charge on any atom is 0.357 e. The van der Waals surface area contributed by atoms with Crippen molar-refractivity contribution in [3.05, 3.63) is 72.4 Å². The smallest absolute Gasteiger partial charge is 0.357 e. The van der Waals surface area contributed by atoms with Gasteiger partial charge < -0.3 is 10.1 Å². The molecule has 3 aromatic rings. The number of aromatic nitrogens is 2. The van der Waals surface area contributed by atoms with E-state index in [1.807, 2.05) is 48.5 Å². The van der Waals surface area contributed by atoms with Crippen molar-refractivity contribution in [3.8, 4) is 16.9 Å². The van der Waals surface area contributed by atoms with Crippen LogP contribution in [0.4, 0.5) is 4.79 Å². The maximum absolute atomic E-state index is 12.8. The summed E-state index contributed by atoms with van der Waals surface area (Å²) >= 11 is 0. The molecule has 148 valence electrons. The van der Waals surface area contributed by atoms with Gasteiger partial charge in [-0.3, -0.25) is 10.1 Å². The van der Waals surface area contributed by atoms with Crippen LogP contribution in [-0.4, -0.2) is 40.8 Å². The van der Waals surface area contributed by atoms with Crippen LogP contribution in [0.2, 0.25) is 0 Å². The van der Waals surface area contributed by atoms with Gasteiger partial charge in [0.25, 0.3) is 5.91 Å². The zero-order valence-corrected chi connectivity index (χ0v) is 16.0. The van der Waals surface area contributed by atoms with Crippen molar-refractivity contribution >= 4 is 17.9 Å². The fraction of sp³-hybridized carbons (Fsp3) is 0.143. The molecule has 0 saturated heterocycles. The van der Waals surface area contributed by atoms with Crippen LogP contribution in [0.25, 0.3) is 16.9 Å². The third-order valence-corrected chi connectivity index (χ3v) is 4.11. The number of carbonyl (C=O) groups excluding carboxylic acids is 3. The number of esters is 1. The lowest BCUT2D eigenvalue weighted by Gasteiger charge is -2.13. The molecule has 8 heteroatoms. The monoisotopic (exact) mass is 392 g/mol. The molecule has 3 amide bonds. The molecule has 29 heavy (non-hydrogen) atoms. The lowest BCUT2D eigenvalue weighted by Crippen LogP contribution is -2.43. The summed E-state index contributed by atoms with van der Waals surface area (Å²) < 4.78 is 6.73. The van der Waals surface area contributed by atoms with Crippen LogP contribution in [0.3, 0.4) is 0 Å². The standard InChI is InChI=1S/C21H20N4O4/c1-14(19(26)23-21(28)22-2)29-20(27)18-13-17(15-9-5-3-6-10-15)24-25(18)16-11-7-4-8-12-16/h3-14H,1-2H3,(H2,22,23,26,28). The Hall–Kier alpha value is -3.94. The first-order valence-corrected chi connectivity index (χ1v) is 8.94. The van der Waals surface area contributed by atoms with Gasteiger partial charge in [0.2, 0.25) is 0 Å². The molecule has 0 spiro atoms. The summed E-state index contributed by atoms with van der Waals surface area (Å²) in [5.74, 6) is -1.46. The number of hydrogen-bond acceptors (Lipinski definition) is 5. The summed E-state index contributed by atoms with van der Waals surface area (Å²) in [5.41, 5.74) is 2.25. The lowest BCUT2D eigenvalue weighted by molar-refractivity contribution is -0.127. The molecular weight excluding hydrogens is 372 g/mol. The second kappa shape index (κ2) is 8.83. The van der Waals surface area contributed by atoms with Gasteiger partial charge >= 0.3 is 12.0 Å². The van der Waals surface area contributed by atoms with Crippen LogP contribution in [0.5, 0.6) is 0 Å².